The van der Waals surface area contributed by atoms with E-state index in [0.29, 0.717) is 17.2 Å². The van der Waals surface area contributed by atoms with Crippen molar-refractivity contribution in [3.05, 3.63) is 48.4 Å². The van der Waals surface area contributed by atoms with E-state index < -0.39 is 17.4 Å². The SMILES string of the molecule is COc1ccccc1NC(=O)C(=O)NCC(C)(O)Cc1ccco1. The first-order chi connectivity index (χ1) is 11.4. The summed E-state index contributed by atoms with van der Waals surface area (Å²) in [5.74, 6) is -0.648. The van der Waals surface area contributed by atoms with Crippen LogP contribution in [0.15, 0.2) is 47.1 Å². The van der Waals surface area contributed by atoms with Crippen molar-refractivity contribution < 1.29 is 23.8 Å². The van der Waals surface area contributed by atoms with Gasteiger partial charge in [0.15, 0.2) is 0 Å². The van der Waals surface area contributed by atoms with E-state index in [9.17, 15) is 14.7 Å². The molecule has 1 aromatic carbocycles. The molecular weight excluding hydrogens is 312 g/mol. The number of aliphatic hydroxyl groups is 1. The Kier molecular flexibility index (Phi) is 5.59. The third-order valence-electron chi connectivity index (χ3n) is 3.33. The van der Waals surface area contributed by atoms with Crippen molar-refractivity contribution in [2.45, 2.75) is 18.9 Å². The second kappa shape index (κ2) is 7.65. The maximum atomic E-state index is 11.9. The van der Waals surface area contributed by atoms with Crippen molar-refractivity contribution in [3.8, 4) is 5.75 Å². The number of benzene rings is 1. The number of ether oxygens (including phenoxy) is 1. The second-order valence-corrected chi connectivity index (χ2v) is 5.59. The molecule has 7 heteroatoms. The Labute approximate surface area is 139 Å². The van der Waals surface area contributed by atoms with Gasteiger partial charge in [0.25, 0.3) is 0 Å². The first-order valence-electron chi connectivity index (χ1n) is 7.38. The molecule has 7 nitrogen and oxygen atoms in total. The van der Waals surface area contributed by atoms with Crippen LogP contribution < -0.4 is 15.4 Å². The van der Waals surface area contributed by atoms with Gasteiger partial charge in [0, 0.05) is 13.0 Å². The van der Waals surface area contributed by atoms with Crippen LogP contribution in [0.1, 0.15) is 12.7 Å². The highest BCUT2D eigenvalue weighted by molar-refractivity contribution is 6.39. The van der Waals surface area contributed by atoms with Crippen molar-refractivity contribution in [2.24, 2.45) is 0 Å². The number of para-hydroxylation sites is 2. The molecule has 2 rings (SSSR count). The molecule has 2 amide bonds. The zero-order chi connectivity index (χ0) is 17.6. The van der Waals surface area contributed by atoms with E-state index in [1.807, 2.05) is 0 Å². The number of carbonyl (C=O) groups excluding carboxylic acids is 2. The fourth-order valence-electron chi connectivity index (χ4n) is 2.13. The minimum Gasteiger partial charge on any atom is -0.495 e. The van der Waals surface area contributed by atoms with E-state index in [1.54, 1.807) is 43.3 Å². The Bertz CT molecular complexity index is 695. The molecule has 0 bridgehead atoms. The molecule has 0 radical (unpaired) electrons. The number of amides is 2. The fraction of sp³-hybridized carbons (Fsp3) is 0.294. The minimum absolute atomic E-state index is 0.0914. The number of hydrogen-bond acceptors (Lipinski definition) is 5. The first-order valence-corrected chi connectivity index (χ1v) is 7.38. The molecule has 2 aromatic rings. The van der Waals surface area contributed by atoms with Gasteiger partial charge in [0.2, 0.25) is 0 Å². The molecule has 1 heterocycles. The largest absolute Gasteiger partial charge is 0.495 e. The van der Waals surface area contributed by atoms with Gasteiger partial charge in [-0.25, -0.2) is 0 Å². The third-order valence-corrected chi connectivity index (χ3v) is 3.33. The zero-order valence-corrected chi connectivity index (χ0v) is 13.5. The minimum atomic E-state index is -1.24. The Hall–Kier alpha value is -2.80. The average molecular weight is 332 g/mol. The van der Waals surface area contributed by atoms with Crippen molar-refractivity contribution in [1.29, 1.82) is 0 Å². The van der Waals surface area contributed by atoms with Crippen molar-refractivity contribution in [2.75, 3.05) is 19.0 Å². The Balaban J connectivity index is 1.88. The van der Waals surface area contributed by atoms with Crippen LogP contribution in [0.25, 0.3) is 0 Å². The van der Waals surface area contributed by atoms with E-state index in [0.717, 1.165) is 0 Å². The summed E-state index contributed by atoms with van der Waals surface area (Å²) in [5.41, 5.74) is -0.847. The highest BCUT2D eigenvalue weighted by Gasteiger charge is 2.25. The van der Waals surface area contributed by atoms with Crippen LogP contribution >= 0.6 is 0 Å². The van der Waals surface area contributed by atoms with E-state index in [-0.39, 0.29) is 13.0 Å². The average Bonchev–Trinajstić information content (AvgIpc) is 3.05. The van der Waals surface area contributed by atoms with Crippen molar-refractivity contribution in [3.63, 3.8) is 0 Å². The van der Waals surface area contributed by atoms with Gasteiger partial charge in [0.05, 0.1) is 24.7 Å². The molecule has 0 aliphatic rings. The Morgan fingerprint density at radius 3 is 2.62 bits per heavy atom. The maximum absolute atomic E-state index is 11.9. The van der Waals surface area contributed by atoms with E-state index in [2.05, 4.69) is 10.6 Å². The molecule has 0 aliphatic carbocycles. The lowest BCUT2D eigenvalue weighted by atomic mass is 10.0. The lowest BCUT2D eigenvalue weighted by molar-refractivity contribution is -0.136. The van der Waals surface area contributed by atoms with Crippen LogP contribution in [-0.4, -0.2) is 36.2 Å². The summed E-state index contributed by atoms with van der Waals surface area (Å²) in [7, 11) is 1.47. The number of carbonyl (C=O) groups is 2. The van der Waals surface area contributed by atoms with Crippen LogP contribution in [0.2, 0.25) is 0 Å². The van der Waals surface area contributed by atoms with Gasteiger partial charge in [0.1, 0.15) is 11.5 Å². The summed E-state index contributed by atoms with van der Waals surface area (Å²) in [4.78, 5) is 23.8. The molecule has 0 aliphatic heterocycles. The first kappa shape index (κ1) is 17.6. The van der Waals surface area contributed by atoms with Gasteiger partial charge < -0.3 is 24.9 Å². The topological polar surface area (TPSA) is 101 Å². The van der Waals surface area contributed by atoms with Crippen LogP contribution in [0.4, 0.5) is 5.69 Å². The van der Waals surface area contributed by atoms with Crippen LogP contribution in [-0.2, 0) is 16.0 Å². The summed E-state index contributed by atoms with van der Waals surface area (Å²) in [5, 5.41) is 15.1. The van der Waals surface area contributed by atoms with Crippen LogP contribution in [0.3, 0.4) is 0 Å². The molecule has 1 unspecified atom stereocenters. The number of anilines is 1. The summed E-state index contributed by atoms with van der Waals surface area (Å²) in [6.45, 7) is 1.46. The molecule has 0 spiro atoms. The summed E-state index contributed by atoms with van der Waals surface area (Å²) in [6.07, 6.45) is 1.72. The summed E-state index contributed by atoms with van der Waals surface area (Å²) >= 11 is 0. The predicted octanol–water partition coefficient (Wildman–Crippen LogP) is 1.34. The second-order valence-electron chi connectivity index (χ2n) is 5.59. The number of hydrogen-bond donors (Lipinski definition) is 3. The zero-order valence-electron chi connectivity index (χ0n) is 13.5. The van der Waals surface area contributed by atoms with E-state index >= 15 is 0 Å². The molecule has 128 valence electrons. The van der Waals surface area contributed by atoms with Gasteiger partial charge in [-0.15, -0.1) is 0 Å². The predicted molar refractivity (Wildman–Crippen MR) is 87.7 cm³/mol. The van der Waals surface area contributed by atoms with Gasteiger partial charge in [-0.3, -0.25) is 9.59 Å². The smallest absolute Gasteiger partial charge is 0.313 e. The third kappa shape index (κ3) is 4.85. The van der Waals surface area contributed by atoms with Crippen molar-refractivity contribution >= 4 is 17.5 Å². The molecule has 0 fully saturated rings. The van der Waals surface area contributed by atoms with Gasteiger partial charge >= 0.3 is 11.8 Å². The molecule has 0 saturated carbocycles. The Morgan fingerprint density at radius 2 is 1.96 bits per heavy atom. The molecule has 0 saturated heterocycles. The molecule has 3 N–H and O–H groups in total. The normalized spacial score (nSPS) is 13.0. The summed E-state index contributed by atoms with van der Waals surface area (Å²) < 4.78 is 10.3. The summed E-state index contributed by atoms with van der Waals surface area (Å²) in [6, 6.07) is 10.2. The highest BCUT2D eigenvalue weighted by atomic mass is 16.5. The van der Waals surface area contributed by atoms with Gasteiger partial charge in [-0.05, 0) is 31.2 Å². The number of rotatable bonds is 6. The maximum Gasteiger partial charge on any atom is 0.313 e. The van der Waals surface area contributed by atoms with E-state index in [4.69, 9.17) is 9.15 Å². The highest BCUT2D eigenvalue weighted by Crippen LogP contribution is 2.22. The lowest BCUT2D eigenvalue weighted by Gasteiger charge is -2.22. The number of nitrogens with one attached hydrogen (secondary N) is 2. The number of methoxy groups -OCH3 is 1. The molecular formula is C17H20N2O5. The van der Waals surface area contributed by atoms with Crippen LogP contribution in [0, 0.1) is 0 Å². The molecule has 1 atom stereocenters. The monoisotopic (exact) mass is 332 g/mol. The lowest BCUT2D eigenvalue weighted by Crippen LogP contribution is -2.45. The van der Waals surface area contributed by atoms with Crippen molar-refractivity contribution in [1.82, 2.24) is 5.32 Å². The fourth-order valence-corrected chi connectivity index (χ4v) is 2.13. The molecule has 1 aromatic heterocycles. The molecule has 24 heavy (non-hydrogen) atoms. The Morgan fingerprint density at radius 1 is 1.21 bits per heavy atom. The quantitative estimate of drug-likeness (QED) is 0.693. The van der Waals surface area contributed by atoms with E-state index in [1.165, 1.54) is 13.4 Å². The van der Waals surface area contributed by atoms with Gasteiger partial charge in [-0.2, -0.15) is 0 Å². The van der Waals surface area contributed by atoms with Gasteiger partial charge in [-0.1, -0.05) is 12.1 Å². The standard InChI is InChI=1S/C17H20N2O5/c1-17(22,10-12-6-5-9-24-12)11-18-15(20)16(21)19-13-7-3-4-8-14(13)23-2/h3-9,22H,10-11H2,1-2H3,(H,18,20)(H,19,21). The van der Waals surface area contributed by atoms with Crippen LogP contribution in [0.5, 0.6) is 5.75 Å². The number of furan rings is 1.